The Hall–Kier alpha value is -3.58. The molecule has 0 bridgehead atoms. The molecule has 0 unspecified atom stereocenters. The zero-order valence-corrected chi connectivity index (χ0v) is 22.4. The van der Waals surface area contributed by atoms with E-state index in [-0.39, 0.29) is 5.56 Å². The third-order valence-electron chi connectivity index (χ3n) is 6.45. The number of esters is 1. The fourth-order valence-corrected chi connectivity index (χ4v) is 4.22. The van der Waals surface area contributed by atoms with Gasteiger partial charge in [-0.1, -0.05) is 69.6 Å². The number of nitrogens with zero attached hydrogens (tertiary/aromatic N) is 1. The van der Waals surface area contributed by atoms with Gasteiger partial charge in [0.1, 0.15) is 5.82 Å². The predicted octanol–water partition coefficient (Wildman–Crippen LogP) is 7.94. The number of benzene rings is 3. The van der Waals surface area contributed by atoms with Crippen LogP contribution in [0.25, 0.3) is 0 Å². The van der Waals surface area contributed by atoms with Gasteiger partial charge in [0.25, 0.3) is 0 Å². The maximum absolute atomic E-state index is 14.1. The van der Waals surface area contributed by atoms with Gasteiger partial charge in [0.05, 0.1) is 12.7 Å². The summed E-state index contributed by atoms with van der Waals surface area (Å²) in [5, 5.41) is 0. The number of anilines is 1. The molecule has 0 N–H and O–H groups in total. The minimum atomic E-state index is -0.660. The first kappa shape index (κ1) is 28.0. The van der Waals surface area contributed by atoms with Gasteiger partial charge in [-0.15, -0.1) is 0 Å². The standard InChI is InChI=1S/C33H38FNO2/c1-4-6-8-9-23-35(25-29-19-22-32(34)31(24-29)33(36)37-3)30-20-17-28(18-21-30)16-15-27-13-11-26(12-14-27)10-7-5-2/h11-14,17-22,24H,4-10,23,25H2,1-3H3. The summed E-state index contributed by atoms with van der Waals surface area (Å²) in [7, 11) is 1.27. The molecule has 0 aliphatic carbocycles. The number of carbonyl (C=O) groups excluding carboxylic acids is 1. The number of rotatable bonds is 12. The molecule has 3 aromatic carbocycles. The van der Waals surface area contributed by atoms with Crippen LogP contribution in [0.3, 0.4) is 0 Å². The van der Waals surface area contributed by atoms with E-state index in [1.54, 1.807) is 12.1 Å². The average Bonchev–Trinajstić information content (AvgIpc) is 2.93. The monoisotopic (exact) mass is 499 g/mol. The second kappa shape index (κ2) is 14.9. The van der Waals surface area contributed by atoms with Gasteiger partial charge in [-0.2, -0.15) is 0 Å². The zero-order chi connectivity index (χ0) is 26.5. The quantitative estimate of drug-likeness (QED) is 0.144. The smallest absolute Gasteiger partial charge is 0.340 e. The van der Waals surface area contributed by atoms with Crippen LogP contribution in [-0.4, -0.2) is 19.6 Å². The molecule has 0 atom stereocenters. The molecule has 0 fully saturated rings. The Kier molecular flexibility index (Phi) is 11.2. The van der Waals surface area contributed by atoms with Crippen molar-refractivity contribution in [3.8, 4) is 11.8 Å². The number of ether oxygens (including phenoxy) is 1. The fourth-order valence-electron chi connectivity index (χ4n) is 4.22. The molecule has 37 heavy (non-hydrogen) atoms. The maximum Gasteiger partial charge on any atom is 0.340 e. The fraction of sp³-hybridized carbons (Fsp3) is 0.364. The zero-order valence-electron chi connectivity index (χ0n) is 22.4. The lowest BCUT2D eigenvalue weighted by molar-refractivity contribution is 0.0595. The molecule has 0 aromatic heterocycles. The Morgan fingerprint density at radius 3 is 2.05 bits per heavy atom. The van der Waals surface area contributed by atoms with Crippen LogP contribution in [0.5, 0.6) is 0 Å². The number of carbonyl (C=O) groups is 1. The van der Waals surface area contributed by atoms with Gasteiger partial charge in [0.2, 0.25) is 0 Å². The van der Waals surface area contributed by atoms with Gasteiger partial charge in [0.15, 0.2) is 0 Å². The van der Waals surface area contributed by atoms with Gasteiger partial charge >= 0.3 is 5.97 Å². The van der Waals surface area contributed by atoms with Crippen LogP contribution in [-0.2, 0) is 17.7 Å². The van der Waals surface area contributed by atoms with E-state index >= 15 is 0 Å². The van der Waals surface area contributed by atoms with Crippen LogP contribution in [0.1, 0.15) is 85.0 Å². The molecule has 3 rings (SSSR count). The van der Waals surface area contributed by atoms with Crippen molar-refractivity contribution in [2.75, 3.05) is 18.6 Å². The number of hydrogen-bond donors (Lipinski definition) is 0. The van der Waals surface area contributed by atoms with Crippen LogP contribution in [0, 0.1) is 17.7 Å². The van der Waals surface area contributed by atoms with Gasteiger partial charge in [-0.25, -0.2) is 9.18 Å². The van der Waals surface area contributed by atoms with Crippen LogP contribution >= 0.6 is 0 Å². The van der Waals surface area contributed by atoms with E-state index in [4.69, 9.17) is 4.74 Å². The number of hydrogen-bond acceptors (Lipinski definition) is 3. The van der Waals surface area contributed by atoms with Crippen LogP contribution in [0.2, 0.25) is 0 Å². The summed E-state index contributed by atoms with van der Waals surface area (Å²) in [6, 6.07) is 21.4. The molecule has 3 nitrogen and oxygen atoms in total. The van der Waals surface area contributed by atoms with Crippen molar-refractivity contribution < 1.29 is 13.9 Å². The molecule has 3 aromatic rings. The highest BCUT2D eigenvalue weighted by Gasteiger charge is 2.15. The van der Waals surface area contributed by atoms with Crippen molar-refractivity contribution >= 4 is 11.7 Å². The molecular formula is C33H38FNO2. The third kappa shape index (κ3) is 8.79. The lowest BCUT2D eigenvalue weighted by Gasteiger charge is -2.25. The second-order valence-corrected chi connectivity index (χ2v) is 9.39. The molecular weight excluding hydrogens is 461 g/mol. The molecule has 0 amide bonds. The SMILES string of the molecule is CCCCCCN(Cc1ccc(F)c(C(=O)OC)c1)c1ccc(C#Cc2ccc(CCCC)cc2)cc1. The third-order valence-corrected chi connectivity index (χ3v) is 6.45. The second-order valence-electron chi connectivity index (χ2n) is 9.39. The molecule has 0 heterocycles. The highest BCUT2D eigenvalue weighted by Crippen LogP contribution is 2.21. The number of methoxy groups -OCH3 is 1. The van der Waals surface area contributed by atoms with Crippen molar-refractivity contribution in [2.24, 2.45) is 0 Å². The van der Waals surface area contributed by atoms with E-state index in [2.05, 4.69) is 67.0 Å². The van der Waals surface area contributed by atoms with Crippen LogP contribution < -0.4 is 4.90 Å². The van der Waals surface area contributed by atoms with Crippen molar-refractivity contribution in [1.82, 2.24) is 0 Å². The molecule has 4 heteroatoms. The van der Waals surface area contributed by atoms with Crippen molar-refractivity contribution in [3.05, 3.63) is 100 Å². The molecule has 0 aliphatic heterocycles. The predicted molar refractivity (Wildman–Crippen MR) is 150 cm³/mol. The summed E-state index contributed by atoms with van der Waals surface area (Å²) in [5.74, 6) is 5.31. The number of halogens is 1. The maximum atomic E-state index is 14.1. The Morgan fingerprint density at radius 1 is 0.811 bits per heavy atom. The summed E-state index contributed by atoms with van der Waals surface area (Å²) in [4.78, 5) is 14.2. The Morgan fingerprint density at radius 2 is 1.43 bits per heavy atom. The topological polar surface area (TPSA) is 29.5 Å². The summed E-state index contributed by atoms with van der Waals surface area (Å²) < 4.78 is 18.9. The molecule has 194 valence electrons. The largest absolute Gasteiger partial charge is 0.465 e. The van der Waals surface area contributed by atoms with E-state index in [1.165, 1.54) is 44.4 Å². The van der Waals surface area contributed by atoms with Gasteiger partial charge in [-0.3, -0.25) is 0 Å². The van der Waals surface area contributed by atoms with E-state index in [0.717, 1.165) is 48.2 Å². The first-order valence-corrected chi connectivity index (χ1v) is 13.4. The highest BCUT2D eigenvalue weighted by atomic mass is 19.1. The van der Waals surface area contributed by atoms with Crippen LogP contribution in [0.15, 0.2) is 66.7 Å². The summed E-state index contributed by atoms with van der Waals surface area (Å²) in [6.07, 6.45) is 8.12. The molecule has 0 saturated carbocycles. The van der Waals surface area contributed by atoms with Gasteiger partial charge in [0, 0.05) is 29.9 Å². The summed E-state index contributed by atoms with van der Waals surface area (Å²) in [5.41, 5.74) is 5.24. The first-order chi connectivity index (χ1) is 18.0. The van der Waals surface area contributed by atoms with Crippen molar-refractivity contribution in [1.29, 1.82) is 0 Å². The summed E-state index contributed by atoms with van der Waals surface area (Å²) >= 11 is 0. The minimum absolute atomic E-state index is 0.0325. The minimum Gasteiger partial charge on any atom is -0.465 e. The van der Waals surface area contributed by atoms with E-state index in [1.807, 2.05) is 12.1 Å². The van der Waals surface area contributed by atoms with E-state index in [0.29, 0.717) is 6.54 Å². The van der Waals surface area contributed by atoms with Crippen molar-refractivity contribution in [2.45, 2.75) is 65.3 Å². The lowest BCUT2D eigenvalue weighted by Crippen LogP contribution is -2.24. The number of aryl methyl sites for hydroxylation is 1. The normalized spacial score (nSPS) is 10.5. The van der Waals surface area contributed by atoms with Gasteiger partial charge in [-0.05, 0) is 78.9 Å². The highest BCUT2D eigenvalue weighted by molar-refractivity contribution is 5.89. The molecule has 0 radical (unpaired) electrons. The molecule has 0 aliphatic rings. The molecule has 0 saturated heterocycles. The summed E-state index contributed by atoms with van der Waals surface area (Å²) in [6.45, 7) is 5.86. The first-order valence-electron chi connectivity index (χ1n) is 13.4. The van der Waals surface area contributed by atoms with E-state index < -0.39 is 11.8 Å². The Labute approximate surface area is 221 Å². The number of unbranched alkanes of at least 4 members (excludes halogenated alkanes) is 4. The average molecular weight is 500 g/mol. The Bertz CT molecular complexity index is 1190. The lowest BCUT2D eigenvalue weighted by atomic mass is 10.1. The molecule has 0 spiro atoms. The Balaban J connectivity index is 1.74. The van der Waals surface area contributed by atoms with Crippen molar-refractivity contribution in [3.63, 3.8) is 0 Å². The van der Waals surface area contributed by atoms with Gasteiger partial charge < -0.3 is 9.64 Å². The van der Waals surface area contributed by atoms with Crippen LogP contribution in [0.4, 0.5) is 10.1 Å². The van der Waals surface area contributed by atoms with E-state index in [9.17, 15) is 9.18 Å².